The predicted molar refractivity (Wildman–Crippen MR) is 48.8 cm³/mol. The molecule has 11 heavy (non-hydrogen) atoms. The lowest BCUT2D eigenvalue weighted by Gasteiger charge is -2.08. The molecule has 1 N–H and O–H groups in total. The lowest BCUT2D eigenvalue weighted by atomic mass is 10.3. The van der Waals surface area contributed by atoms with Gasteiger partial charge < -0.3 is 5.32 Å². The van der Waals surface area contributed by atoms with Crippen LogP contribution in [0.2, 0.25) is 0 Å². The van der Waals surface area contributed by atoms with E-state index >= 15 is 0 Å². The van der Waals surface area contributed by atoms with Gasteiger partial charge in [-0.2, -0.15) is 0 Å². The van der Waals surface area contributed by atoms with E-state index in [-0.39, 0.29) is 0 Å². The van der Waals surface area contributed by atoms with Crippen molar-refractivity contribution in [3.05, 3.63) is 22.4 Å². The van der Waals surface area contributed by atoms with Crippen LogP contribution in [0.15, 0.2) is 17.5 Å². The van der Waals surface area contributed by atoms with Gasteiger partial charge in [0, 0.05) is 17.0 Å². The van der Waals surface area contributed by atoms with E-state index in [1.54, 1.807) is 0 Å². The predicted octanol–water partition coefficient (Wildman–Crippen LogP) is 2.39. The molecule has 1 aromatic heterocycles. The van der Waals surface area contributed by atoms with Crippen LogP contribution in [0.3, 0.4) is 0 Å². The molecule has 1 aliphatic rings. The highest BCUT2D eigenvalue weighted by Gasteiger charge is 2.36. The molecule has 0 spiro atoms. The summed E-state index contributed by atoms with van der Waals surface area (Å²) in [6, 6.07) is 4.29. The summed E-state index contributed by atoms with van der Waals surface area (Å²) in [6.07, 6.45) is 2.69. The summed E-state index contributed by atoms with van der Waals surface area (Å²) in [7, 11) is 0. The molecule has 0 saturated heterocycles. The van der Waals surface area contributed by atoms with Gasteiger partial charge >= 0.3 is 0 Å². The smallest absolute Gasteiger partial charge is 0.0304 e. The van der Waals surface area contributed by atoms with Crippen LogP contribution in [0.25, 0.3) is 0 Å². The van der Waals surface area contributed by atoms with E-state index in [0.29, 0.717) is 5.54 Å². The highest BCUT2D eigenvalue weighted by atomic mass is 32.1. The van der Waals surface area contributed by atoms with Crippen LogP contribution >= 0.6 is 11.3 Å². The van der Waals surface area contributed by atoms with Crippen molar-refractivity contribution in [2.45, 2.75) is 31.8 Å². The Morgan fingerprint density at radius 1 is 1.64 bits per heavy atom. The number of hydrogen-bond acceptors (Lipinski definition) is 2. The highest BCUT2D eigenvalue weighted by molar-refractivity contribution is 7.09. The van der Waals surface area contributed by atoms with Crippen LogP contribution in [-0.2, 0) is 6.54 Å². The Hall–Kier alpha value is -0.340. The van der Waals surface area contributed by atoms with E-state index in [9.17, 15) is 0 Å². The van der Waals surface area contributed by atoms with Crippen LogP contribution < -0.4 is 5.32 Å². The molecule has 0 unspecified atom stereocenters. The first kappa shape index (κ1) is 7.32. The van der Waals surface area contributed by atoms with E-state index in [4.69, 9.17) is 0 Å². The Labute approximate surface area is 71.4 Å². The van der Waals surface area contributed by atoms with Gasteiger partial charge in [0.25, 0.3) is 0 Å². The van der Waals surface area contributed by atoms with E-state index in [1.165, 1.54) is 17.7 Å². The fourth-order valence-corrected chi connectivity index (χ4v) is 1.72. The van der Waals surface area contributed by atoms with Crippen LogP contribution in [-0.4, -0.2) is 5.54 Å². The molecule has 0 aliphatic heterocycles. The molecule has 0 bridgehead atoms. The Morgan fingerprint density at radius 2 is 2.45 bits per heavy atom. The first-order valence-electron chi connectivity index (χ1n) is 4.06. The fraction of sp³-hybridized carbons (Fsp3) is 0.556. The molecule has 1 aliphatic carbocycles. The molecule has 1 aromatic rings. The third kappa shape index (κ3) is 1.82. The first-order chi connectivity index (χ1) is 5.29. The topological polar surface area (TPSA) is 12.0 Å². The monoisotopic (exact) mass is 167 g/mol. The normalized spacial score (nSPS) is 20.1. The third-order valence-corrected chi connectivity index (χ3v) is 3.15. The molecule has 1 nitrogen and oxygen atoms in total. The first-order valence-corrected chi connectivity index (χ1v) is 4.94. The Bertz CT molecular complexity index is 224. The average molecular weight is 167 g/mol. The molecule has 0 radical (unpaired) electrons. The van der Waals surface area contributed by atoms with Crippen LogP contribution in [0, 0.1) is 0 Å². The minimum Gasteiger partial charge on any atom is -0.307 e. The van der Waals surface area contributed by atoms with E-state index in [1.807, 2.05) is 11.3 Å². The average Bonchev–Trinajstić information content (AvgIpc) is 2.53. The largest absolute Gasteiger partial charge is 0.307 e. The van der Waals surface area contributed by atoms with Crippen molar-refractivity contribution in [2.75, 3.05) is 0 Å². The second kappa shape index (κ2) is 2.61. The van der Waals surface area contributed by atoms with Crippen LogP contribution in [0.1, 0.15) is 24.6 Å². The maximum Gasteiger partial charge on any atom is 0.0304 e. The molecule has 1 heterocycles. The molecule has 1 fully saturated rings. The number of hydrogen-bond donors (Lipinski definition) is 1. The van der Waals surface area contributed by atoms with Gasteiger partial charge in [0.05, 0.1) is 0 Å². The Morgan fingerprint density at radius 3 is 3.00 bits per heavy atom. The summed E-state index contributed by atoms with van der Waals surface area (Å²) >= 11 is 1.83. The maximum absolute atomic E-state index is 3.55. The molecule has 0 aromatic carbocycles. The van der Waals surface area contributed by atoms with E-state index < -0.39 is 0 Å². The summed E-state index contributed by atoms with van der Waals surface area (Å²) in [5.74, 6) is 0. The molecular formula is C9H13NS. The van der Waals surface area contributed by atoms with Gasteiger partial charge in [0.1, 0.15) is 0 Å². The van der Waals surface area contributed by atoms with Gasteiger partial charge in [0.15, 0.2) is 0 Å². The van der Waals surface area contributed by atoms with Gasteiger partial charge in [-0.05, 0) is 31.2 Å². The zero-order valence-corrected chi connectivity index (χ0v) is 7.58. The molecule has 0 amide bonds. The zero-order chi connectivity index (χ0) is 7.73. The van der Waals surface area contributed by atoms with Crippen LogP contribution in [0.4, 0.5) is 0 Å². The highest BCUT2D eigenvalue weighted by Crippen LogP contribution is 2.34. The zero-order valence-electron chi connectivity index (χ0n) is 6.76. The van der Waals surface area contributed by atoms with Crippen LogP contribution in [0.5, 0.6) is 0 Å². The van der Waals surface area contributed by atoms with Crippen molar-refractivity contribution in [3.8, 4) is 0 Å². The summed E-state index contributed by atoms with van der Waals surface area (Å²) < 4.78 is 0. The number of nitrogens with one attached hydrogen (secondary N) is 1. The standard InChI is InChI=1S/C9H13NS/c1-9(4-5-9)10-7-8-3-2-6-11-8/h2-3,6,10H,4-5,7H2,1H3. The lowest BCUT2D eigenvalue weighted by molar-refractivity contribution is 0.541. The molecule has 2 heteroatoms. The van der Waals surface area contributed by atoms with E-state index in [0.717, 1.165) is 6.54 Å². The molecule has 1 saturated carbocycles. The van der Waals surface area contributed by atoms with Crippen molar-refractivity contribution >= 4 is 11.3 Å². The second-order valence-electron chi connectivity index (χ2n) is 3.49. The minimum absolute atomic E-state index is 0.476. The molecule has 2 rings (SSSR count). The van der Waals surface area contributed by atoms with Gasteiger partial charge in [-0.25, -0.2) is 0 Å². The van der Waals surface area contributed by atoms with E-state index in [2.05, 4.69) is 29.8 Å². The summed E-state index contributed by atoms with van der Waals surface area (Å²) in [5.41, 5.74) is 0.476. The summed E-state index contributed by atoms with van der Waals surface area (Å²) in [4.78, 5) is 1.44. The summed E-state index contributed by atoms with van der Waals surface area (Å²) in [6.45, 7) is 3.34. The van der Waals surface area contributed by atoms with Crippen molar-refractivity contribution in [1.29, 1.82) is 0 Å². The molecular weight excluding hydrogens is 154 g/mol. The Balaban J connectivity index is 1.83. The minimum atomic E-state index is 0.476. The second-order valence-corrected chi connectivity index (χ2v) is 4.53. The Kier molecular flexibility index (Phi) is 1.74. The summed E-state index contributed by atoms with van der Waals surface area (Å²) in [5, 5.41) is 5.68. The molecule has 0 atom stereocenters. The SMILES string of the molecule is CC1(NCc2cccs2)CC1. The van der Waals surface area contributed by atoms with Crippen molar-refractivity contribution in [1.82, 2.24) is 5.32 Å². The number of rotatable bonds is 3. The van der Waals surface area contributed by atoms with Crippen molar-refractivity contribution in [2.24, 2.45) is 0 Å². The van der Waals surface area contributed by atoms with Gasteiger partial charge in [-0.1, -0.05) is 6.07 Å². The third-order valence-electron chi connectivity index (χ3n) is 2.27. The van der Waals surface area contributed by atoms with Gasteiger partial charge in [-0.3, -0.25) is 0 Å². The lowest BCUT2D eigenvalue weighted by Crippen LogP contribution is -2.26. The fourth-order valence-electron chi connectivity index (χ4n) is 1.08. The van der Waals surface area contributed by atoms with Gasteiger partial charge in [-0.15, -0.1) is 11.3 Å². The van der Waals surface area contributed by atoms with Crippen molar-refractivity contribution in [3.63, 3.8) is 0 Å². The number of thiophene rings is 1. The maximum atomic E-state index is 3.55. The quantitative estimate of drug-likeness (QED) is 0.729. The van der Waals surface area contributed by atoms with Crippen molar-refractivity contribution < 1.29 is 0 Å². The molecule has 60 valence electrons. The van der Waals surface area contributed by atoms with Gasteiger partial charge in [0.2, 0.25) is 0 Å².